The topological polar surface area (TPSA) is 42.2 Å². The fourth-order valence-electron chi connectivity index (χ4n) is 2.84. The summed E-state index contributed by atoms with van der Waals surface area (Å²) in [5.41, 5.74) is 11.2. The van der Waals surface area contributed by atoms with Crippen molar-refractivity contribution in [1.29, 1.82) is 0 Å². The average molecular weight is 287 g/mol. The fraction of sp³-hybridized carbons (Fsp3) is 0.438. The monoisotopic (exact) mass is 287 g/mol. The lowest BCUT2D eigenvalue weighted by molar-refractivity contribution is 0.573. The Kier molecular flexibility index (Phi) is 3.52. The molecule has 0 radical (unpaired) electrons. The van der Waals surface area contributed by atoms with E-state index < -0.39 is 0 Å². The van der Waals surface area contributed by atoms with Crippen LogP contribution in [0.25, 0.3) is 0 Å². The summed E-state index contributed by atoms with van der Waals surface area (Å²) in [4.78, 5) is 8.26. The molecular formula is C16H21N3S. The summed E-state index contributed by atoms with van der Waals surface area (Å²) in [6.45, 7) is 4.26. The van der Waals surface area contributed by atoms with Crippen LogP contribution in [-0.2, 0) is 6.42 Å². The number of nitrogens with zero attached hydrogens (tertiary/aromatic N) is 2. The van der Waals surface area contributed by atoms with Gasteiger partial charge >= 0.3 is 0 Å². The maximum Gasteiger partial charge on any atom is 0.190 e. The van der Waals surface area contributed by atoms with Crippen molar-refractivity contribution in [2.75, 3.05) is 11.9 Å². The van der Waals surface area contributed by atoms with Gasteiger partial charge in [0.25, 0.3) is 0 Å². The predicted octanol–water partition coefficient (Wildman–Crippen LogP) is 3.86. The van der Waals surface area contributed by atoms with Crippen LogP contribution in [0.4, 0.5) is 10.8 Å². The van der Waals surface area contributed by atoms with E-state index in [1.54, 1.807) is 11.3 Å². The molecule has 1 aliphatic rings. The number of anilines is 2. The largest absolute Gasteiger partial charge is 0.323 e. The van der Waals surface area contributed by atoms with E-state index >= 15 is 0 Å². The van der Waals surface area contributed by atoms with Gasteiger partial charge in [0.1, 0.15) is 0 Å². The van der Waals surface area contributed by atoms with Crippen LogP contribution in [0.15, 0.2) is 18.2 Å². The maximum absolute atomic E-state index is 6.20. The second kappa shape index (κ2) is 5.19. The Labute approximate surface area is 124 Å². The van der Waals surface area contributed by atoms with Gasteiger partial charge in [-0.25, -0.2) is 4.98 Å². The van der Waals surface area contributed by atoms with Crippen LogP contribution in [0.3, 0.4) is 0 Å². The Morgan fingerprint density at radius 2 is 1.95 bits per heavy atom. The molecule has 3 nitrogen and oxygen atoms in total. The second-order valence-corrected chi connectivity index (χ2v) is 6.72. The minimum absolute atomic E-state index is 0.178. The van der Waals surface area contributed by atoms with Crippen molar-refractivity contribution in [3.05, 3.63) is 39.9 Å². The third-order valence-corrected chi connectivity index (χ3v) is 5.17. The zero-order chi connectivity index (χ0) is 14.3. The summed E-state index contributed by atoms with van der Waals surface area (Å²) >= 11 is 1.75. The summed E-state index contributed by atoms with van der Waals surface area (Å²) in [5.74, 6) is 0. The molecule has 1 aliphatic carbocycles. The molecule has 2 N–H and O–H groups in total. The Balaban J connectivity index is 1.96. The van der Waals surface area contributed by atoms with Crippen LogP contribution in [0.1, 0.15) is 40.6 Å². The summed E-state index contributed by atoms with van der Waals surface area (Å²) in [6.07, 6.45) is 3.31. The second-order valence-electron chi connectivity index (χ2n) is 5.71. The first kappa shape index (κ1) is 13.6. The normalized spacial score (nSPS) is 17.9. The van der Waals surface area contributed by atoms with Crippen molar-refractivity contribution in [2.24, 2.45) is 5.73 Å². The van der Waals surface area contributed by atoms with E-state index in [9.17, 15) is 0 Å². The maximum atomic E-state index is 6.20. The van der Waals surface area contributed by atoms with Crippen molar-refractivity contribution >= 4 is 22.2 Å². The van der Waals surface area contributed by atoms with Crippen LogP contribution in [0, 0.1) is 13.8 Å². The number of fused-ring (bicyclic) bond motifs is 1. The average Bonchev–Trinajstić information content (AvgIpc) is 2.82. The highest BCUT2D eigenvalue weighted by Crippen LogP contribution is 2.38. The first-order chi connectivity index (χ1) is 9.54. The Hall–Kier alpha value is -1.39. The molecule has 2 aromatic rings. The SMILES string of the molecule is Cc1cc(C)cc(N(C)c2nc3c(s2)C(N)CCC3)c1. The van der Waals surface area contributed by atoms with Crippen LogP contribution in [0.5, 0.6) is 0 Å². The van der Waals surface area contributed by atoms with E-state index in [0.29, 0.717) is 0 Å². The van der Waals surface area contributed by atoms with Crippen molar-refractivity contribution in [2.45, 2.75) is 39.2 Å². The standard InChI is InChI=1S/C16H21N3S/c1-10-7-11(2)9-12(8-10)19(3)16-18-14-6-4-5-13(17)15(14)20-16/h7-9,13H,4-6,17H2,1-3H3. The van der Waals surface area contributed by atoms with Crippen molar-refractivity contribution in [1.82, 2.24) is 4.98 Å². The van der Waals surface area contributed by atoms with E-state index in [1.807, 2.05) is 0 Å². The highest BCUT2D eigenvalue weighted by molar-refractivity contribution is 7.15. The number of aromatic nitrogens is 1. The first-order valence-electron chi connectivity index (χ1n) is 7.12. The third kappa shape index (κ3) is 2.45. The molecule has 1 aromatic carbocycles. The highest BCUT2D eigenvalue weighted by Gasteiger charge is 2.23. The van der Waals surface area contributed by atoms with Crippen LogP contribution < -0.4 is 10.6 Å². The molecule has 1 heterocycles. The molecule has 1 unspecified atom stereocenters. The van der Waals surface area contributed by atoms with Crippen molar-refractivity contribution in [3.8, 4) is 0 Å². The minimum atomic E-state index is 0.178. The van der Waals surface area contributed by atoms with E-state index in [-0.39, 0.29) is 6.04 Å². The molecule has 4 heteroatoms. The summed E-state index contributed by atoms with van der Waals surface area (Å²) < 4.78 is 0. The van der Waals surface area contributed by atoms with Gasteiger partial charge in [-0.3, -0.25) is 0 Å². The number of rotatable bonds is 2. The summed E-state index contributed by atoms with van der Waals surface area (Å²) in [7, 11) is 2.09. The number of aryl methyl sites for hydroxylation is 3. The van der Waals surface area contributed by atoms with Gasteiger partial charge in [0.2, 0.25) is 0 Å². The zero-order valence-corrected chi connectivity index (χ0v) is 13.1. The molecule has 0 aliphatic heterocycles. The lowest BCUT2D eigenvalue weighted by atomic mass is 9.99. The Bertz CT molecular complexity index is 612. The quantitative estimate of drug-likeness (QED) is 0.912. The highest BCUT2D eigenvalue weighted by atomic mass is 32.1. The van der Waals surface area contributed by atoms with Crippen LogP contribution in [-0.4, -0.2) is 12.0 Å². The Morgan fingerprint density at radius 1 is 1.25 bits per heavy atom. The smallest absolute Gasteiger partial charge is 0.190 e. The van der Waals surface area contributed by atoms with Gasteiger partial charge in [0.15, 0.2) is 5.13 Å². The van der Waals surface area contributed by atoms with E-state index in [2.05, 4.69) is 44.0 Å². The molecule has 0 saturated carbocycles. The number of hydrogen-bond acceptors (Lipinski definition) is 4. The predicted molar refractivity (Wildman–Crippen MR) is 86.0 cm³/mol. The molecule has 20 heavy (non-hydrogen) atoms. The molecule has 1 atom stereocenters. The molecule has 0 saturated heterocycles. The van der Waals surface area contributed by atoms with Gasteiger partial charge in [-0.2, -0.15) is 0 Å². The fourth-order valence-corrected chi connectivity index (χ4v) is 3.97. The number of hydrogen-bond donors (Lipinski definition) is 1. The summed E-state index contributed by atoms with van der Waals surface area (Å²) in [6, 6.07) is 6.78. The van der Waals surface area contributed by atoms with Gasteiger partial charge in [-0.15, -0.1) is 0 Å². The van der Waals surface area contributed by atoms with Gasteiger partial charge in [-0.05, 0) is 56.4 Å². The van der Waals surface area contributed by atoms with Gasteiger partial charge in [0.05, 0.1) is 5.69 Å². The molecule has 0 fully saturated rings. The van der Waals surface area contributed by atoms with Crippen molar-refractivity contribution in [3.63, 3.8) is 0 Å². The Morgan fingerprint density at radius 3 is 2.60 bits per heavy atom. The molecule has 0 amide bonds. The van der Waals surface area contributed by atoms with Gasteiger partial charge in [-0.1, -0.05) is 17.4 Å². The molecule has 0 bridgehead atoms. The van der Waals surface area contributed by atoms with Gasteiger partial charge < -0.3 is 10.6 Å². The van der Waals surface area contributed by atoms with E-state index in [4.69, 9.17) is 10.7 Å². The minimum Gasteiger partial charge on any atom is -0.323 e. The van der Waals surface area contributed by atoms with E-state index in [1.165, 1.54) is 27.4 Å². The van der Waals surface area contributed by atoms with Gasteiger partial charge in [0, 0.05) is 23.7 Å². The number of nitrogens with two attached hydrogens (primary N) is 1. The molecule has 3 rings (SSSR count). The number of thiazole rings is 1. The van der Waals surface area contributed by atoms with Crippen molar-refractivity contribution < 1.29 is 0 Å². The first-order valence-corrected chi connectivity index (χ1v) is 7.93. The lowest BCUT2D eigenvalue weighted by Gasteiger charge is -2.17. The molecular weight excluding hydrogens is 266 g/mol. The molecule has 1 aromatic heterocycles. The third-order valence-electron chi connectivity index (χ3n) is 3.86. The van der Waals surface area contributed by atoms with E-state index in [0.717, 1.165) is 24.4 Å². The summed E-state index contributed by atoms with van der Waals surface area (Å²) in [5, 5.41) is 1.05. The molecule has 106 valence electrons. The number of benzene rings is 1. The van der Waals surface area contributed by atoms with Crippen LogP contribution in [0.2, 0.25) is 0 Å². The zero-order valence-electron chi connectivity index (χ0n) is 12.3. The molecule has 0 spiro atoms. The van der Waals surface area contributed by atoms with Crippen LogP contribution >= 0.6 is 11.3 Å². The lowest BCUT2D eigenvalue weighted by Crippen LogP contribution is -2.15.